The molecule has 0 aromatic heterocycles. The number of hydrogen-bond acceptors (Lipinski definition) is 5. The van der Waals surface area contributed by atoms with Crippen molar-refractivity contribution in [3.05, 3.63) is 46.5 Å². The van der Waals surface area contributed by atoms with Gasteiger partial charge in [-0.3, -0.25) is 13.7 Å². The molecule has 2 aromatic rings. The van der Waals surface area contributed by atoms with E-state index in [4.69, 9.17) is 14.0 Å². The van der Waals surface area contributed by atoms with Gasteiger partial charge in [-0.15, -0.1) is 0 Å². The molecule has 2 unspecified atom stereocenters. The highest BCUT2D eigenvalue weighted by Crippen LogP contribution is 2.43. The average molecular weight is 555 g/mol. The fraction of sp³-hybridized carbons (Fsp3) is 0.571. The van der Waals surface area contributed by atoms with Crippen LogP contribution < -0.4 is 9.47 Å². The van der Waals surface area contributed by atoms with Crippen LogP contribution in [-0.2, 0) is 13.7 Å². The van der Waals surface area contributed by atoms with E-state index in [-0.39, 0.29) is 43.2 Å². The Bertz CT molecular complexity index is 1080. The standard InChI is InChI=1S/C28H44O7P2/c1-17(2)23-12-21(13-24(18(3)4)27(23)33-10-11-36(29)30)22-14-25(19(5)6)28(26(15-22)20(7)8)34-16-35-37(9,31)32/h12-15,17-20,36H,10-11,16H2,1-9H3,(H,29,30)(H,31,32). The molecular formula is C28H44O7P2. The van der Waals surface area contributed by atoms with Crippen molar-refractivity contribution in [2.24, 2.45) is 0 Å². The van der Waals surface area contributed by atoms with Crippen molar-refractivity contribution >= 4 is 15.6 Å². The van der Waals surface area contributed by atoms with E-state index in [1.54, 1.807) is 0 Å². The van der Waals surface area contributed by atoms with E-state index in [9.17, 15) is 18.9 Å². The predicted molar refractivity (Wildman–Crippen MR) is 152 cm³/mol. The Hall–Kier alpha value is -1.62. The molecule has 2 N–H and O–H groups in total. The zero-order valence-corrected chi connectivity index (χ0v) is 25.5. The number of benzene rings is 2. The minimum Gasteiger partial charge on any atom is -0.492 e. The van der Waals surface area contributed by atoms with Crippen LogP contribution in [-0.4, -0.2) is 36.0 Å². The van der Waals surface area contributed by atoms with Gasteiger partial charge in [0.05, 0.1) is 12.8 Å². The first-order valence-corrected chi connectivity index (χ1v) is 16.5. The minimum atomic E-state index is -3.65. The maximum atomic E-state index is 11.6. The van der Waals surface area contributed by atoms with Crippen molar-refractivity contribution in [2.75, 3.05) is 26.2 Å². The van der Waals surface area contributed by atoms with Gasteiger partial charge in [0.1, 0.15) is 11.5 Å². The predicted octanol–water partition coefficient (Wildman–Crippen LogP) is 7.86. The van der Waals surface area contributed by atoms with Crippen LogP contribution in [0.5, 0.6) is 11.5 Å². The van der Waals surface area contributed by atoms with E-state index in [1.807, 2.05) is 0 Å². The largest absolute Gasteiger partial charge is 0.492 e. The molecule has 0 bridgehead atoms. The molecule has 0 heterocycles. The van der Waals surface area contributed by atoms with Gasteiger partial charge in [-0.1, -0.05) is 55.4 Å². The molecule has 0 aliphatic heterocycles. The third-order valence-electron chi connectivity index (χ3n) is 6.17. The number of rotatable bonds is 13. The van der Waals surface area contributed by atoms with E-state index in [0.717, 1.165) is 45.8 Å². The van der Waals surface area contributed by atoms with Crippen molar-refractivity contribution in [1.82, 2.24) is 0 Å². The van der Waals surface area contributed by atoms with Gasteiger partial charge in [-0.05, 0) is 81.3 Å². The van der Waals surface area contributed by atoms with E-state index >= 15 is 0 Å². The van der Waals surface area contributed by atoms with Crippen LogP contribution in [0, 0.1) is 0 Å². The zero-order chi connectivity index (χ0) is 28.1. The molecule has 7 nitrogen and oxygen atoms in total. The molecule has 0 saturated carbocycles. The topological polar surface area (TPSA) is 102 Å². The van der Waals surface area contributed by atoms with Crippen LogP contribution in [0.1, 0.15) is 101 Å². The summed E-state index contributed by atoms with van der Waals surface area (Å²) in [7, 11) is -6.24. The first-order chi connectivity index (χ1) is 17.1. The van der Waals surface area contributed by atoms with Gasteiger partial charge in [-0.25, -0.2) is 0 Å². The summed E-state index contributed by atoms with van der Waals surface area (Å²) >= 11 is 0. The Labute approximate surface area is 223 Å². The molecule has 9 heteroatoms. The van der Waals surface area contributed by atoms with Gasteiger partial charge >= 0.3 is 7.60 Å². The molecule has 0 amide bonds. The molecule has 2 rings (SSSR count). The quantitative estimate of drug-likeness (QED) is 0.192. The fourth-order valence-electron chi connectivity index (χ4n) is 4.15. The fourth-order valence-corrected chi connectivity index (χ4v) is 4.68. The van der Waals surface area contributed by atoms with Gasteiger partial charge in [-0.2, -0.15) is 0 Å². The molecule has 0 spiro atoms. The van der Waals surface area contributed by atoms with Crippen LogP contribution in [0.15, 0.2) is 24.3 Å². The van der Waals surface area contributed by atoms with Crippen LogP contribution in [0.3, 0.4) is 0 Å². The Morgan fingerprint density at radius 3 is 1.41 bits per heavy atom. The second-order valence-electron chi connectivity index (χ2n) is 10.8. The van der Waals surface area contributed by atoms with Crippen molar-refractivity contribution in [2.45, 2.75) is 79.1 Å². The molecule has 208 valence electrons. The lowest BCUT2D eigenvalue weighted by atomic mass is 9.86. The Morgan fingerprint density at radius 1 is 0.757 bits per heavy atom. The van der Waals surface area contributed by atoms with Crippen molar-refractivity contribution in [3.8, 4) is 22.6 Å². The molecule has 2 atom stereocenters. The van der Waals surface area contributed by atoms with Crippen molar-refractivity contribution in [3.63, 3.8) is 0 Å². The van der Waals surface area contributed by atoms with Crippen LogP contribution in [0.4, 0.5) is 0 Å². The van der Waals surface area contributed by atoms with E-state index in [1.165, 1.54) is 0 Å². The van der Waals surface area contributed by atoms with E-state index in [0.29, 0.717) is 5.75 Å². The summed E-state index contributed by atoms with van der Waals surface area (Å²) in [6.45, 7) is 17.9. The van der Waals surface area contributed by atoms with Gasteiger partial charge in [0, 0.05) is 6.66 Å². The molecule has 0 fully saturated rings. The Morgan fingerprint density at radius 2 is 1.11 bits per heavy atom. The monoisotopic (exact) mass is 554 g/mol. The zero-order valence-electron chi connectivity index (χ0n) is 23.6. The summed E-state index contributed by atoms with van der Waals surface area (Å²) in [4.78, 5) is 18.8. The molecule has 0 aliphatic rings. The van der Waals surface area contributed by atoms with Crippen molar-refractivity contribution < 1.29 is 32.9 Å². The van der Waals surface area contributed by atoms with Gasteiger partial charge in [0.25, 0.3) is 0 Å². The highest BCUT2D eigenvalue weighted by molar-refractivity contribution is 7.51. The third-order valence-corrected chi connectivity index (χ3v) is 7.39. The lowest BCUT2D eigenvalue weighted by molar-refractivity contribution is 0.105. The summed E-state index contributed by atoms with van der Waals surface area (Å²) in [6, 6.07) is 8.55. The maximum Gasteiger partial charge on any atom is 0.327 e. The summed E-state index contributed by atoms with van der Waals surface area (Å²) in [6.07, 6.45) is 0.131. The molecule has 2 aromatic carbocycles. The summed E-state index contributed by atoms with van der Waals surface area (Å²) in [5.74, 6) is 2.16. The first kappa shape index (κ1) is 31.6. The van der Waals surface area contributed by atoms with E-state index < -0.39 is 15.6 Å². The van der Waals surface area contributed by atoms with Gasteiger partial charge < -0.3 is 19.3 Å². The molecule has 0 saturated heterocycles. The number of ether oxygens (including phenoxy) is 2. The molecule has 37 heavy (non-hydrogen) atoms. The summed E-state index contributed by atoms with van der Waals surface area (Å²) in [5, 5.41) is 0. The van der Waals surface area contributed by atoms with Crippen LogP contribution >= 0.6 is 15.6 Å². The molecular weight excluding hydrogens is 510 g/mol. The second-order valence-corrected chi connectivity index (χ2v) is 13.9. The second kappa shape index (κ2) is 13.4. The average Bonchev–Trinajstić information content (AvgIpc) is 2.77. The number of hydrogen-bond donors (Lipinski definition) is 2. The third kappa shape index (κ3) is 8.97. The lowest BCUT2D eigenvalue weighted by Crippen LogP contribution is -2.09. The minimum absolute atomic E-state index is 0.131. The first-order valence-electron chi connectivity index (χ1n) is 12.9. The highest BCUT2D eigenvalue weighted by atomic mass is 31.2. The molecule has 0 radical (unpaired) electrons. The van der Waals surface area contributed by atoms with Gasteiger partial charge in [0.2, 0.25) is 0 Å². The Balaban J connectivity index is 2.69. The van der Waals surface area contributed by atoms with Gasteiger partial charge in [0.15, 0.2) is 14.8 Å². The van der Waals surface area contributed by atoms with Crippen LogP contribution in [0.2, 0.25) is 0 Å². The normalized spacial score (nSPS) is 14.5. The Kier molecular flexibility index (Phi) is 11.5. The van der Waals surface area contributed by atoms with E-state index in [2.05, 4.69) is 79.7 Å². The smallest absolute Gasteiger partial charge is 0.327 e. The SMILES string of the molecule is CC(C)c1cc(-c2cc(C(C)C)c(OCOP(C)(=O)O)c(C(C)C)c2)cc(C(C)C)c1OCC[PH](=O)O. The van der Waals surface area contributed by atoms with Crippen molar-refractivity contribution in [1.29, 1.82) is 0 Å². The maximum absolute atomic E-state index is 11.6. The van der Waals surface area contributed by atoms with Crippen LogP contribution in [0.25, 0.3) is 11.1 Å². The lowest BCUT2D eigenvalue weighted by Gasteiger charge is -2.24. The molecule has 0 aliphatic carbocycles. The summed E-state index contributed by atoms with van der Waals surface area (Å²) in [5.41, 5.74) is 6.24. The summed E-state index contributed by atoms with van der Waals surface area (Å²) < 4.78 is 39.9. The highest BCUT2D eigenvalue weighted by Gasteiger charge is 2.22.